The predicted octanol–water partition coefficient (Wildman–Crippen LogP) is 3.63. The van der Waals surface area contributed by atoms with Gasteiger partial charge in [0.1, 0.15) is 0 Å². The lowest BCUT2D eigenvalue weighted by atomic mass is 10.1. The quantitative estimate of drug-likeness (QED) is 0.834. The lowest BCUT2D eigenvalue weighted by Gasteiger charge is -2.24. The van der Waals surface area contributed by atoms with Crippen molar-refractivity contribution >= 4 is 17.3 Å². The first kappa shape index (κ1) is 17.3. The molecule has 0 N–H and O–H groups in total. The third-order valence-corrected chi connectivity index (χ3v) is 4.82. The molecule has 0 aromatic heterocycles. The van der Waals surface area contributed by atoms with Gasteiger partial charge >= 0.3 is 0 Å². The minimum atomic E-state index is 0.0570. The molecule has 1 amide bonds. The highest BCUT2D eigenvalue weighted by Gasteiger charge is 2.18. The van der Waals surface area contributed by atoms with Gasteiger partial charge in [0, 0.05) is 57.7 Å². The second-order valence-corrected chi connectivity index (χ2v) is 6.93. The van der Waals surface area contributed by atoms with Gasteiger partial charge in [-0.05, 0) is 48.7 Å². The molecule has 0 radical (unpaired) electrons. The fraction of sp³-hybridized carbons (Fsp3) is 0.381. The molecule has 0 unspecified atom stereocenters. The molecule has 1 saturated heterocycles. The van der Waals surface area contributed by atoms with Gasteiger partial charge < -0.3 is 14.7 Å². The zero-order chi connectivity index (χ0) is 17.8. The Morgan fingerprint density at radius 3 is 2.24 bits per heavy atom. The van der Waals surface area contributed by atoms with E-state index in [1.807, 2.05) is 50.3 Å². The number of rotatable bonds is 5. The summed E-state index contributed by atoms with van der Waals surface area (Å²) in [5, 5.41) is 0. The number of benzene rings is 2. The van der Waals surface area contributed by atoms with Gasteiger partial charge in [0.25, 0.3) is 5.91 Å². The maximum absolute atomic E-state index is 12.8. The highest BCUT2D eigenvalue weighted by molar-refractivity contribution is 5.94. The first-order valence-corrected chi connectivity index (χ1v) is 8.92. The van der Waals surface area contributed by atoms with Crippen LogP contribution >= 0.6 is 0 Å². The molecule has 1 aliphatic rings. The van der Waals surface area contributed by atoms with Crippen LogP contribution in [0.25, 0.3) is 0 Å². The van der Waals surface area contributed by atoms with Crippen molar-refractivity contribution in [3.8, 4) is 0 Å². The number of amides is 1. The molecule has 1 fully saturated rings. The van der Waals surface area contributed by atoms with Gasteiger partial charge in [0.05, 0.1) is 0 Å². The van der Waals surface area contributed by atoms with Crippen LogP contribution in [-0.4, -0.2) is 45.0 Å². The summed E-state index contributed by atoms with van der Waals surface area (Å²) in [4.78, 5) is 19.0. The van der Waals surface area contributed by atoms with Crippen LogP contribution in [0.2, 0.25) is 0 Å². The van der Waals surface area contributed by atoms with E-state index in [9.17, 15) is 4.79 Å². The van der Waals surface area contributed by atoms with Crippen molar-refractivity contribution in [2.45, 2.75) is 19.4 Å². The van der Waals surface area contributed by atoms with Crippen LogP contribution in [0.4, 0.5) is 11.4 Å². The zero-order valence-corrected chi connectivity index (χ0v) is 15.4. The smallest absolute Gasteiger partial charge is 0.253 e. The molecule has 132 valence electrons. The summed E-state index contributed by atoms with van der Waals surface area (Å²) >= 11 is 0. The highest BCUT2D eigenvalue weighted by Crippen LogP contribution is 2.25. The van der Waals surface area contributed by atoms with Crippen LogP contribution in [0, 0.1) is 0 Å². The first-order chi connectivity index (χ1) is 12.1. The lowest BCUT2D eigenvalue weighted by Crippen LogP contribution is -2.28. The van der Waals surface area contributed by atoms with E-state index in [4.69, 9.17) is 0 Å². The molecule has 0 spiro atoms. The van der Waals surface area contributed by atoms with E-state index in [0.29, 0.717) is 6.54 Å². The van der Waals surface area contributed by atoms with E-state index >= 15 is 0 Å². The number of nitrogens with zero attached hydrogens (tertiary/aromatic N) is 3. The van der Waals surface area contributed by atoms with Crippen molar-refractivity contribution in [1.82, 2.24) is 4.90 Å². The average Bonchev–Trinajstić information content (AvgIpc) is 3.16. The SMILES string of the molecule is CN(Cc1ccccc1N1CCCC1)C(=O)c1ccc(N(C)C)cc1. The van der Waals surface area contributed by atoms with Crippen molar-refractivity contribution < 1.29 is 4.79 Å². The lowest BCUT2D eigenvalue weighted by molar-refractivity contribution is 0.0785. The Kier molecular flexibility index (Phi) is 5.27. The normalized spacial score (nSPS) is 13.8. The van der Waals surface area contributed by atoms with Gasteiger partial charge in [-0.15, -0.1) is 0 Å². The predicted molar refractivity (Wildman–Crippen MR) is 104 cm³/mol. The fourth-order valence-electron chi connectivity index (χ4n) is 3.36. The van der Waals surface area contributed by atoms with Crippen molar-refractivity contribution in [1.29, 1.82) is 0 Å². The molecular formula is C21H27N3O. The second-order valence-electron chi connectivity index (χ2n) is 6.93. The molecule has 0 aliphatic carbocycles. The van der Waals surface area contributed by atoms with Crippen LogP contribution in [0.1, 0.15) is 28.8 Å². The summed E-state index contributed by atoms with van der Waals surface area (Å²) in [5.41, 5.74) is 4.30. The summed E-state index contributed by atoms with van der Waals surface area (Å²) in [6.07, 6.45) is 2.50. The Bertz CT molecular complexity index is 718. The van der Waals surface area contributed by atoms with Gasteiger partial charge in [0.2, 0.25) is 0 Å². The Morgan fingerprint density at radius 1 is 0.960 bits per heavy atom. The molecule has 0 atom stereocenters. The van der Waals surface area contributed by atoms with E-state index in [-0.39, 0.29) is 5.91 Å². The summed E-state index contributed by atoms with van der Waals surface area (Å²) in [6, 6.07) is 16.2. The topological polar surface area (TPSA) is 26.8 Å². The van der Waals surface area contributed by atoms with E-state index in [1.165, 1.54) is 24.1 Å². The molecule has 25 heavy (non-hydrogen) atoms. The largest absolute Gasteiger partial charge is 0.378 e. The Hall–Kier alpha value is -2.49. The van der Waals surface area contributed by atoms with E-state index < -0.39 is 0 Å². The molecule has 1 aliphatic heterocycles. The van der Waals surface area contributed by atoms with Crippen LogP contribution < -0.4 is 9.80 Å². The standard InChI is InChI=1S/C21H27N3O/c1-22(2)19-12-10-17(11-13-19)21(25)23(3)16-18-8-4-5-9-20(18)24-14-6-7-15-24/h4-5,8-13H,6-7,14-16H2,1-3H3. The summed E-state index contributed by atoms with van der Waals surface area (Å²) in [7, 11) is 5.87. The minimum Gasteiger partial charge on any atom is -0.378 e. The van der Waals surface area contributed by atoms with Gasteiger partial charge in [0.15, 0.2) is 0 Å². The second kappa shape index (κ2) is 7.60. The summed E-state index contributed by atoms with van der Waals surface area (Å²) < 4.78 is 0. The van der Waals surface area contributed by atoms with Gasteiger partial charge in [-0.2, -0.15) is 0 Å². The zero-order valence-electron chi connectivity index (χ0n) is 15.4. The van der Waals surface area contributed by atoms with Crippen molar-refractivity contribution in [2.75, 3.05) is 44.0 Å². The van der Waals surface area contributed by atoms with Crippen molar-refractivity contribution in [3.63, 3.8) is 0 Å². The number of anilines is 2. The molecule has 2 aromatic carbocycles. The van der Waals surface area contributed by atoms with Crippen LogP contribution in [0.3, 0.4) is 0 Å². The van der Waals surface area contributed by atoms with E-state index in [1.54, 1.807) is 4.90 Å². The summed E-state index contributed by atoms with van der Waals surface area (Å²) in [5.74, 6) is 0.0570. The molecule has 0 saturated carbocycles. The number of carbonyl (C=O) groups is 1. The van der Waals surface area contributed by atoms with Crippen LogP contribution in [-0.2, 0) is 6.54 Å². The highest BCUT2D eigenvalue weighted by atomic mass is 16.2. The van der Waals surface area contributed by atoms with Gasteiger partial charge in [-0.3, -0.25) is 4.79 Å². The number of hydrogen-bond donors (Lipinski definition) is 0. The number of carbonyl (C=O) groups excluding carboxylic acids is 1. The third kappa shape index (κ3) is 3.95. The Morgan fingerprint density at radius 2 is 1.60 bits per heavy atom. The Balaban J connectivity index is 1.73. The monoisotopic (exact) mass is 337 g/mol. The number of hydrogen-bond acceptors (Lipinski definition) is 3. The van der Waals surface area contributed by atoms with Crippen LogP contribution in [0.15, 0.2) is 48.5 Å². The summed E-state index contributed by atoms with van der Waals surface area (Å²) in [6.45, 7) is 2.85. The maximum Gasteiger partial charge on any atom is 0.253 e. The van der Waals surface area contributed by atoms with Gasteiger partial charge in [-0.25, -0.2) is 0 Å². The molecule has 2 aromatic rings. The minimum absolute atomic E-state index is 0.0570. The molecule has 4 heteroatoms. The van der Waals surface area contributed by atoms with Crippen molar-refractivity contribution in [2.24, 2.45) is 0 Å². The number of para-hydroxylation sites is 1. The van der Waals surface area contributed by atoms with E-state index in [2.05, 4.69) is 29.2 Å². The molecule has 1 heterocycles. The Labute approximate surface area is 150 Å². The molecule has 4 nitrogen and oxygen atoms in total. The fourth-order valence-corrected chi connectivity index (χ4v) is 3.36. The van der Waals surface area contributed by atoms with Crippen molar-refractivity contribution in [3.05, 3.63) is 59.7 Å². The van der Waals surface area contributed by atoms with E-state index in [0.717, 1.165) is 24.3 Å². The molecule has 0 bridgehead atoms. The average molecular weight is 337 g/mol. The van der Waals surface area contributed by atoms with Crippen LogP contribution in [0.5, 0.6) is 0 Å². The van der Waals surface area contributed by atoms with Gasteiger partial charge in [-0.1, -0.05) is 18.2 Å². The first-order valence-electron chi connectivity index (χ1n) is 8.92. The molecular weight excluding hydrogens is 310 g/mol. The maximum atomic E-state index is 12.8. The molecule has 3 rings (SSSR count). The third-order valence-electron chi connectivity index (χ3n) is 4.82.